The number of nitrogens with zero attached hydrogens (tertiary/aromatic N) is 4. The number of methoxy groups -OCH3 is 1. The lowest BCUT2D eigenvalue weighted by Crippen LogP contribution is -2.29. The number of thiocarbonyl (C=S) groups is 1. The third-order valence-corrected chi connectivity index (χ3v) is 7.84. The number of pyridine rings is 2. The quantitative estimate of drug-likeness (QED) is 0.206. The molecule has 7 nitrogen and oxygen atoms in total. The molecule has 2 aromatic carbocycles. The number of hydrogen-bond acceptors (Lipinski definition) is 5. The molecule has 4 heterocycles. The highest BCUT2D eigenvalue weighted by atomic mass is 32.1. The van der Waals surface area contributed by atoms with Gasteiger partial charge in [0.1, 0.15) is 17.2 Å². The van der Waals surface area contributed by atoms with Crippen LogP contribution in [0, 0.1) is 13.8 Å². The standard InChI is InChI=1S/C33H31N5O2S/c1-22-20-29(23(2)37(22)21-24-15-18-34-19-16-24)32-31(30-6-4-5-17-35-30)36-33(41)38(32)25-7-9-27(10-8-25)40-28-13-11-26(39-3)12-14-28/h4-20,31-32H,21H2,1-3H3,(H,36,41)/t31-,32+/m1/s1. The zero-order valence-electron chi connectivity index (χ0n) is 23.2. The molecule has 0 spiro atoms. The van der Waals surface area contributed by atoms with Crippen molar-refractivity contribution in [1.29, 1.82) is 0 Å². The van der Waals surface area contributed by atoms with E-state index in [1.54, 1.807) is 7.11 Å². The summed E-state index contributed by atoms with van der Waals surface area (Å²) in [7, 11) is 1.65. The Morgan fingerprint density at radius 2 is 1.54 bits per heavy atom. The van der Waals surface area contributed by atoms with Gasteiger partial charge < -0.3 is 24.3 Å². The summed E-state index contributed by atoms with van der Waals surface area (Å²) in [6, 6.07) is 27.8. The van der Waals surface area contributed by atoms with E-state index in [2.05, 4.69) is 70.0 Å². The average molecular weight is 562 g/mol. The van der Waals surface area contributed by atoms with E-state index in [4.69, 9.17) is 26.7 Å². The smallest absolute Gasteiger partial charge is 0.174 e. The molecule has 0 saturated carbocycles. The van der Waals surface area contributed by atoms with E-state index >= 15 is 0 Å². The highest BCUT2D eigenvalue weighted by Gasteiger charge is 2.42. The zero-order valence-corrected chi connectivity index (χ0v) is 24.0. The van der Waals surface area contributed by atoms with Crippen LogP contribution >= 0.6 is 12.2 Å². The van der Waals surface area contributed by atoms with Crippen molar-refractivity contribution in [3.8, 4) is 17.2 Å². The molecule has 1 aliphatic heterocycles. The van der Waals surface area contributed by atoms with E-state index in [1.807, 2.05) is 67.1 Å². The highest BCUT2D eigenvalue weighted by Crippen LogP contribution is 2.43. The van der Waals surface area contributed by atoms with Crippen LogP contribution in [0.3, 0.4) is 0 Å². The number of anilines is 1. The summed E-state index contributed by atoms with van der Waals surface area (Å²) in [5, 5.41) is 4.23. The molecule has 1 aliphatic rings. The van der Waals surface area contributed by atoms with Gasteiger partial charge in [0.05, 0.1) is 24.9 Å². The van der Waals surface area contributed by atoms with Crippen LogP contribution < -0.4 is 19.7 Å². The molecule has 6 rings (SSSR count). The minimum atomic E-state index is -0.117. The lowest BCUT2D eigenvalue weighted by atomic mass is 9.96. The molecule has 0 unspecified atom stereocenters. The number of rotatable bonds is 8. The van der Waals surface area contributed by atoms with E-state index in [0.29, 0.717) is 5.11 Å². The fourth-order valence-corrected chi connectivity index (χ4v) is 5.79. The Morgan fingerprint density at radius 1 is 0.854 bits per heavy atom. The highest BCUT2D eigenvalue weighted by molar-refractivity contribution is 7.80. The van der Waals surface area contributed by atoms with Gasteiger partial charge in [0.2, 0.25) is 0 Å². The van der Waals surface area contributed by atoms with Crippen molar-refractivity contribution in [2.45, 2.75) is 32.5 Å². The molecule has 0 aliphatic carbocycles. The Hall–Kier alpha value is -4.69. The lowest BCUT2D eigenvalue weighted by molar-refractivity contribution is 0.413. The summed E-state index contributed by atoms with van der Waals surface area (Å²) in [5.41, 5.74) is 6.72. The summed E-state index contributed by atoms with van der Waals surface area (Å²) in [6.45, 7) is 5.12. The molecule has 1 fully saturated rings. The van der Waals surface area contributed by atoms with Crippen molar-refractivity contribution >= 4 is 23.0 Å². The molecule has 0 amide bonds. The number of nitrogens with one attached hydrogen (secondary N) is 1. The van der Waals surface area contributed by atoms with E-state index in [0.717, 1.165) is 35.2 Å². The largest absolute Gasteiger partial charge is 0.497 e. The molecular formula is C33H31N5O2S. The van der Waals surface area contributed by atoms with Gasteiger partial charge in [-0.3, -0.25) is 9.97 Å². The third kappa shape index (κ3) is 5.38. The molecule has 0 bridgehead atoms. The minimum Gasteiger partial charge on any atom is -0.497 e. The summed E-state index contributed by atoms with van der Waals surface area (Å²) >= 11 is 5.96. The topological polar surface area (TPSA) is 64.4 Å². The van der Waals surface area contributed by atoms with Gasteiger partial charge in [0, 0.05) is 42.2 Å². The van der Waals surface area contributed by atoms with E-state index in [9.17, 15) is 0 Å². The maximum Gasteiger partial charge on any atom is 0.174 e. The Bertz CT molecular complexity index is 1640. The molecule has 1 N–H and O–H groups in total. The second-order valence-electron chi connectivity index (χ2n) is 10.0. The molecule has 5 aromatic rings. The maximum absolute atomic E-state index is 6.08. The summed E-state index contributed by atoms with van der Waals surface area (Å²) in [6.07, 6.45) is 5.51. The fourth-order valence-electron chi connectivity index (χ4n) is 5.44. The molecule has 8 heteroatoms. The van der Waals surface area contributed by atoms with Crippen LogP contribution in [0.4, 0.5) is 5.69 Å². The molecule has 1 saturated heterocycles. The first-order valence-electron chi connectivity index (χ1n) is 13.5. The van der Waals surface area contributed by atoms with Crippen LogP contribution in [0.15, 0.2) is 104 Å². The van der Waals surface area contributed by atoms with E-state index in [-0.39, 0.29) is 12.1 Å². The van der Waals surface area contributed by atoms with Gasteiger partial charge in [0.15, 0.2) is 5.11 Å². The zero-order chi connectivity index (χ0) is 28.3. The van der Waals surface area contributed by atoms with Gasteiger partial charge in [-0.2, -0.15) is 0 Å². The number of ether oxygens (including phenoxy) is 2. The Balaban J connectivity index is 1.35. The van der Waals surface area contributed by atoms with Crippen LogP contribution in [0.5, 0.6) is 17.2 Å². The van der Waals surface area contributed by atoms with Crippen molar-refractivity contribution < 1.29 is 9.47 Å². The van der Waals surface area contributed by atoms with Gasteiger partial charge in [-0.15, -0.1) is 0 Å². The number of hydrogen-bond donors (Lipinski definition) is 1. The predicted molar refractivity (Wildman–Crippen MR) is 165 cm³/mol. The van der Waals surface area contributed by atoms with Crippen molar-refractivity contribution in [2.24, 2.45) is 0 Å². The first-order valence-corrected chi connectivity index (χ1v) is 13.9. The number of benzene rings is 2. The Morgan fingerprint density at radius 3 is 2.20 bits per heavy atom. The van der Waals surface area contributed by atoms with Gasteiger partial charge >= 0.3 is 0 Å². The third-order valence-electron chi connectivity index (χ3n) is 7.53. The second-order valence-corrected chi connectivity index (χ2v) is 10.4. The summed E-state index contributed by atoms with van der Waals surface area (Å²) in [5.74, 6) is 2.27. The molecule has 3 aromatic heterocycles. The van der Waals surface area contributed by atoms with Crippen LogP contribution in [0.1, 0.15) is 40.3 Å². The van der Waals surface area contributed by atoms with Crippen molar-refractivity contribution in [3.05, 3.63) is 132 Å². The Labute approximate surface area is 245 Å². The van der Waals surface area contributed by atoms with Crippen molar-refractivity contribution in [3.63, 3.8) is 0 Å². The summed E-state index contributed by atoms with van der Waals surface area (Å²) < 4.78 is 13.7. The van der Waals surface area contributed by atoms with E-state index in [1.165, 1.54) is 22.5 Å². The summed E-state index contributed by atoms with van der Waals surface area (Å²) in [4.78, 5) is 11.1. The van der Waals surface area contributed by atoms with Gasteiger partial charge in [-0.25, -0.2) is 0 Å². The van der Waals surface area contributed by atoms with Crippen LogP contribution in [0.25, 0.3) is 0 Å². The predicted octanol–water partition coefficient (Wildman–Crippen LogP) is 6.92. The first kappa shape index (κ1) is 26.5. The number of aryl methyl sites for hydroxylation is 1. The molecule has 2 atom stereocenters. The second kappa shape index (κ2) is 11.4. The minimum absolute atomic E-state index is 0.0943. The first-order chi connectivity index (χ1) is 20.0. The van der Waals surface area contributed by atoms with Crippen LogP contribution in [0.2, 0.25) is 0 Å². The van der Waals surface area contributed by atoms with E-state index < -0.39 is 0 Å². The van der Waals surface area contributed by atoms with Crippen molar-refractivity contribution in [1.82, 2.24) is 19.9 Å². The van der Waals surface area contributed by atoms with Gasteiger partial charge in [-0.1, -0.05) is 6.07 Å². The van der Waals surface area contributed by atoms with Crippen LogP contribution in [-0.4, -0.2) is 26.8 Å². The molecule has 206 valence electrons. The van der Waals surface area contributed by atoms with Gasteiger partial charge in [0.25, 0.3) is 0 Å². The molecule has 41 heavy (non-hydrogen) atoms. The molecule has 0 radical (unpaired) electrons. The average Bonchev–Trinajstić information content (AvgIpc) is 3.49. The van der Waals surface area contributed by atoms with Crippen molar-refractivity contribution in [2.75, 3.05) is 12.0 Å². The van der Waals surface area contributed by atoms with Gasteiger partial charge in [-0.05, 0) is 116 Å². The lowest BCUT2D eigenvalue weighted by Gasteiger charge is -2.28. The SMILES string of the molecule is COc1ccc(Oc2ccc(N3C(=S)N[C@H](c4ccccn4)[C@@H]3c3cc(C)n(Cc4ccncc4)c3C)cc2)cc1. The number of aromatic nitrogens is 3. The fraction of sp³-hybridized carbons (Fsp3) is 0.182. The Kier molecular flexibility index (Phi) is 7.39. The normalized spacial score (nSPS) is 16.5. The maximum atomic E-state index is 6.08. The molecular weight excluding hydrogens is 530 g/mol. The monoisotopic (exact) mass is 561 g/mol. The van der Waals surface area contributed by atoms with Crippen LogP contribution in [-0.2, 0) is 6.54 Å².